The van der Waals surface area contributed by atoms with Gasteiger partial charge in [-0.1, -0.05) is 17.7 Å². The Morgan fingerprint density at radius 1 is 1.50 bits per heavy atom. The molecule has 4 nitrogen and oxygen atoms in total. The predicted octanol–water partition coefficient (Wildman–Crippen LogP) is 2.78. The summed E-state index contributed by atoms with van der Waals surface area (Å²) in [4.78, 5) is 13.5. The largest absolute Gasteiger partial charge is 0.389 e. The minimum atomic E-state index is -0.952. The second kappa shape index (κ2) is 6.90. The van der Waals surface area contributed by atoms with E-state index >= 15 is 0 Å². The molecule has 2 amide bonds. The number of benzene rings is 1. The lowest BCUT2D eigenvalue weighted by atomic mass is 10.1. The number of carbonyl (C=O) groups is 1. The maximum atomic E-state index is 13.0. The molecular formula is C14H20ClFN2O2. The molecule has 0 heterocycles. The van der Waals surface area contributed by atoms with E-state index in [4.69, 9.17) is 11.6 Å². The van der Waals surface area contributed by atoms with Gasteiger partial charge in [-0.25, -0.2) is 9.18 Å². The van der Waals surface area contributed by atoms with Gasteiger partial charge in [0.1, 0.15) is 5.82 Å². The molecule has 1 aromatic carbocycles. The van der Waals surface area contributed by atoms with Crippen LogP contribution in [0, 0.1) is 5.82 Å². The van der Waals surface area contributed by atoms with Crippen molar-refractivity contribution in [1.29, 1.82) is 0 Å². The second-order valence-electron chi connectivity index (χ2n) is 5.23. The minimum Gasteiger partial charge on any atom is -0.389 e. The number of hydrogen-bond donors (Lipinski definition) is 2. The zero-order valence-corrected chi connectivity index (χ0v) is 12.7. The number of amides is 2. The van der Waals surface area contributed by atoms with E-state index in [9.17, 15) is 14.3 Å². The first-order valence-electron chi connectivity index (χ1n) is 6.42. The van der Waals surface area contributed by atoms with Gasteiger partial charge in [0.15, 0.2) is 0 Å². The van der Waals surface area contributed by atoms with Crippen LogP contribution in [0.2, 0.25) is 5.02 Å². The molecule has 2 N–H and O–H groups in total. The van der Waals surface area contributed by atoms with Crippen molar-refractivity contribution in [3.05, 3.63) is 34.6 Å². The Bertz CT molecular complexity index is 475. The van der Waals surface area contributed by atoms with Crippen molar-refractivity contribution in [1.82, 2.24) is 10.2 Å². The van der Waals surface area contributed by atoms with Crippen molar-refractivity contribution in [2.24, 2.45) is 0 Å². The van der Waals surface area contributed by atoms with Gasteiger partial charge in [-0.2, -0.15) is 0 Å². The van der Waals surface area contributed by atoms with Gasteiger partial charge >= 0.3 is 6.03 Å². The Kier molecular flexibility index (Phi) is 5.77. The minimum absolute atomic E-state index is 0.0283. The Morgan fingerprint density at radius 2 is 2.15 bits per heavy atom. The van der Waals surface area contributed by atoms with Gasteiger partial charge in [0.25, 0.3) is 0 Å². The molecule has 0 radical (unpaired) electrons. The Labute approximate surface area is 123 Å². The average molecular weight is 303 g/mol. The summed E-state index contributed by atoms with van der Waals surface area (Å²) in [6.07, 6.45) is 0. The highest BCUT2D eigenvalue weighted by Gasteiger charge is 2.20. The van der Waals surface area contributed by atoms with Crippen LogP contribution in [0.4, 0.5) is 9.18 Å². The molecule has 0 spiro atoms. The number of nitrogens with one attached hydrogen (secondary N) is 1. The molecule has 0 saturated carbocycles. The van der Waals surface area contributed by atoms with E-state index in [0.717, 1.165) is 0 Å². The number of aliphatic hydroxyl groups is 1. The lowest BCUT2D eigenvalue weighted by Gasteiger charge is -2.28. The summed E-state index contributed by atoms with van der Waals surface area (Å²) < 4.78 is 13.0. The van der Waals surface area contributed by atoms with Gasteiger partial charge in [0, 0.05) is 13.1 Å². The van der Waals surface area contributed by atoms with Gasteiger partial charge in [0.05, 0.1) is 17.2 Å². The van der Waals surface area contributed by atoms with E-state index in [0.29, 0.717) is 12.1 Å². The Balaban J connectivity index is 2.59. The van der Waals surface area contributed by atoms with E-state index < -0.39 is 11.4 Å². The fraction of sp³-hybridized carbons (Fsp3) is 0.500. The van der Waals surface area contributed by atoms with E-state index in [-0.39, 0.29) is 24.1 Å². The lowest BCUT2D eigenvalue weighted by Crippen LogP contribution is -2.46. The maximum absolute atomic E-state index is 13.0. The van der Waals surface area contributed by atoms with Crippen LogP contribution in [-0.4, -0.2) is 34.7 Å². The van der Waals surface area contributed by atoms with E-state index in [2.05, 4.69) is 5.32 Å². The summed E-state index contributed by atoms with van der Waals surface area (Å²) >= 11 is 5.67. The molecule has 0 saturated heterocycles. The summed E-state index contributed by atoms with van der Waals surface area (Å²) in [5, 5.41) is 12.5. The number of carbonyl (C=O) groups excluding carboxylic acids is 1. The van der Waals surface area contributed by atoms with Crippen molar-refractivity contribution in [3.63, 3.8) is 0 Å². The zero-order valence-electron chi connectivity index (χ0n) is 11.9. The number of nitrogens with zero attached hydrogens (tertiary/aromatic N) is 1. The maximum Gasteiger partial charge on any atom is 0.317 e. The SMILES string of the molecule is CCN(CC(C)(C)O)C(=O)NCc1ccc(F)c(Cl)c1. The van der Waals surface area contributed by atoms with Crippen molar-refractivity contribution < 1.29 is 14.3 Å². The summed E-state index contributed by atoms with van der Waals surface area (Å²) in [5.41, 5.74) is -0.240. The van der Waals surface area contributed by atoms with Crippen molar-refractivity contribution in [3.8, 4) is 0 Å². The van der Waals surface area contributed by atoms with Crippen LogP contribution in [0.15, 0.2) is 18.2 Å². The first-order chi connectivity index (χ1) is 9.23. The molecular weight excluding hydrogens is 283 g/mol. The third-order valence-electron chi connectivity index (χ3n) is 2.67. The third-order valence-corrected chi connectivity index (χ3v) is 2.96. The van der Waals surface area contributed by atoms with E-state index in [1.165, 1.54) is 17.0 Å². The Hall–Kier alpha value is -1.33. The zero-order chi connectivity index (χ0) is 15.3. The van der Waals surface area contributed by atoms with Crippen molar-refractivity contribution in [2.45, 2.75) is 32.9 Å². The molecule has 0 aliphatic heterocycles. The molecule has 1 rings (SSSR count). The highest BCUT2D eigenvalue weighted by molar-refractivity contribution is 6.30. The number of rotatable bonds is 5. The molecule has 0 aliphatic carbocycles. The normalized spacial score (nSPS) is 11.3. The molecule has 0 atom stereocenters. The van der Waals surface area contributed by atoms with Gasteiger partial charge < -0.3 is 15.3 Å². The number of urea groups is 1. The van der Waals surface area contributed by atoms with Crippen LogP contribution in [0.5, 0.6) is 0 Å². The standard InChI is InChI=1S/C14H20ClFN2O2/c1-4-18(9-14(2,3)20)13(19)17-8-10-5-6-12(16)11(15)7-10/h5-7,20H,4,8-9H2,1-3H3,(H,17,19). The van der Waals surface area contributed by atoms with Crippen LogP contribution in [0.1, 0.15) is 26.3 Å². The molecule has 112 valence electrons. The van der Waals surface area contributed by atoms with Gasteiger partial charge in [-0.05, 0) is 38.5 Å². The molecule has 1 aromatic rings. The number of likely N-dealkylation sites (N-methyl/N-ethyl adjacent to an activating group) is 1. The lowest BCUT2D eigenvalue weighted by molar-refractivity contribution is 0.0480. The van der Waals surface area contributed by atoms with Gasteiger partial charge in [-0.15, -0.1) is 0 Å². The van der Waals surface area contributed by atoms with Crippen LogP contribution in [0.3, 0.4) is 0 Å². The van der Waals surface area contributed by atoms with Crippen molar-refractivity contribution >= 4 is 17.6 Å². The fourth-order valence-corrected chi connectivity index (χ4v) is 1.94. The molecule has 0 bridgehead atoms. The summed E-state index contributed by atoms with van der Waals surface area (Å²) in [6, 6.07) is 4.02. The fourth-order valence-electron chi connectivity index (χ4n) is 1.73. The van der Waals surface area contributed by atoms with E-state index in [1.807, 2.05) is 6.92 Å². The van der Waals surface area contributed by atoms with Crippen LogP contribution >= 0.6 is 11.6 Å². The highest BCUT2D eigenvalue weighted by atomic mass is 35.5. The summed E-state index contributed by atoms with van der Waals surface area (Å²) in [7, 11) is 0. The first-order valence-corrected chi connectivity index (χ1v) is 6.80. The summed E-state index contributed by atoms with van der Waals surface area (Å²) in [5.74, 6) is -0.487. The van der Waals surface area contributed by atoms with Gasteiger partial charge in [-0.3, -0.25) is 0 Å². The molecule has 0 aromatic heterocycles. The topological polar surface area (TPSA) is 52.6 Å². The highest BCUT2D eigenvalue weighted by Crippen LogP contribution is 2.16. The summed E-state index contributed by atoms with van der Waals surface area (Å²) in [6.45, 7) is 6.09. The van der Waals surface area contributed by atoms with E-state index in [1.54, 1.807) is 19.9 Å². The molecule has 0 unspecified atom stereocenters. The Morgan fingerprint density at radius 3 is 2.65 bits per heavy atom. The third kappa shape index (κ3) is 5.35. The van der Waals surface area contributed by atoms with Gasteiger partial charge in [0.2, 0.25) is 0 Å². The number of hydrogen-bond acceptors (Lipinski definition) is 2. The van der Waals surface area contributed by atoms with Crippen LogP contribution in [-0.2, 0) is 6.54 Å². The van der Waals surface area contributed by atoms with Crippen molar-refractivity contribution in [2.75, 3.05) is 13.1 Å². The smallest absolute Gasteiger partial charge is 0.317 e. The number of halogens is 2. The molecule has 20 heavy (non-hydrogen) atoms. The molecule has 0 fully saturated rings. The monoisotopic (exact) mass is 302 g/mol. The quantitative estimate of drug-likeness (QED) is 0.879. The molecule has 0 aliphatic rings. The second-order valence-corrected chi connectivity index (χ2v) is 5.64. The van der Waals surface area contributed by atoms with Crippen LogP contribution < -0.4 is 5.32 Å². The van der Waals surface area contributed by atoms with Crippen LogP contribution in [0.25, 0.3) is 0 Å². The molecule has 6 heteroatoms. The average Bonchev–Trinajstić information content (AvgIpc) is 2.36. The first kappa shape index (κ1) is 16.7. The predicted molar refractivity (Wildman–Crippen MR) is 77.2 cm³/mol.